The maximum atomic E-state index is 11.7. The summed E-state index contributed by atoms with van der Waals surface area (Å²) in [7, 11) is 0. The summed E-state index contributed by atoms with van der Waals surface area (Å²) >= 11 is 0. The predicted molar refractivity (Wildman–Crippen MR) is 203 cm³/mol. The summed E-state index contributed by atoms with van der Waals surface area (Å²) in [6.45, 7) is 21.8. The second-order valence-corrected chi connectivity index (χ2v) is 15.0. The third kappa shape index (κ3) is 7.87. The van der Waals surface area contributed by atoms with Crippen LogP contribution in [0.1, 0.15) is 129 Å². The molecule has 5 rings (SSSR count). The summed E-state index contributed by atoms with van der Waals surface area (Å²) in [5, 5.41) is 23.4. The molecule has 2 heteroatoms. The lowest BCUT2D eigenvalue weighted by molar-refractivity contribution is 0.462. The van der Waals surface area contributed by atoms with Crippen LogP contribution < -0.4 is 0 Å². The number of phenolic OH excluding ortho intramolecular Hbond substituents is 2. The number of hydrogen-bond acceptors (Lipinski definition) is 2. The molecule has 0 atom stereocenters. The topological polar surface area (TPSA) is 40.5 Å². The van der Waals surface area contributed by atoms with Crippen LogP contribution in [0.15, 0.2) is 72.8 Å². The highest BCUT2D eigenvalue weighted by atomic mass is 16.3. The highest BCUT2D eigenvalue weighted by Crippen LogP contribution is 2.36. The van der Waals surface area contributed by atoms with Crippen LogP contribution in [0.2, 0.25) is 0 Å². The summed E-state index contributed by atoms with van der Waals surface area (Å²) in [6, 6.07) is 26.5. The number of benzene rings is 5. The van der Waals surface area contributed by atoms with E-state index < -0.39 is 0 Å². The Balaban J connectivity index is 1.51. The van der Waals surface area contributed by atoms with Crippen molar-refractivity contribution in [1.29, 1.82) is 0 Å². The molecule has 0 aliphatic carbocycles. The second-order valence-electron chi connectivity index (χ2n) is 15.0. The largest absolute Gasteiger partial charge is 0.507 e. The predicted octanol–water partition coefficient (Wildman–Crippen LogP) is 11.6. The molecular weight excluding hydrogens is 585 g/mol. The average molecular weight is 639 g/mol. The van der Waals surface area contributed by atoms with Crippen LogP contribution in [0.25, 0.3) is 0 Å². The zero-order valence-electron chi connectivity index (χ0n) is 30.8. The van der Waals surface area contributed by atoms with Crippen LogP contribution >= 0.6 is 0 Å². The minimum atomic E-state index is 0.353. The lowest BCUT2D eigenvalue weighted by atomic mass is 9.87. The molecule has 2 nitrogen and oxygen atoms in total. The van der Waals surface area contributed by atoms with Crippen LogP contribution in [0.3, 0.4) is 0 Å². The van der Waals surface area contributed by atoms with Gasteiger partial charge in [-0.05, 0) is 131 Å². The van der Waals surface area contributed by atoms with Crippen LogP contribution in [0, 0.1) is 41.5 Å². The molecule has 0 unspecified atom stereocenters. The van der Waals surface area contributed by atoms with E-state index in [2.05, 4.69) is 142 Å². The molecule has 5 aromatic carbocycles. The highest BCUT2D eigenvalue weighted by molar-refractivity contribution is 5.53. The third-order valence-corrected chi connectivity index (χ3v) is 10.2. The first-order valence-electron chi connectivity index (χ1n) is 17.6. The van der Waals surface area contributed by atoms with Gasteiger partial charge in [-0.2, -0.15) is 0 Å². The molecule has 250 valence electrons. The summed E-state index contributed by atoms with van der Waals surface area (Å²) in [4.78, 5) is 0. The molecule has 0 aliphatic rings. The molecular formula is C46H54O2. The van der Waals surface area contributed by atoms with Gasteiger partial charge in [-0.3, -0.25) is 0 Å². The maximum Gasteiger partial charge on any atom is 0.122 e. The summed E-state index contributed by atoms with van der Waals surface area (Å²) in [6.07, 6.45) is 2.72. The first kappa shape index (κ1) is 35.0. The van der Waals surface area contributed by atoms with E-state index >= 15 is 0 Å². The van der Waals surface area contributed by atoms with Gasteiger partial charge in [-0.15, -0.1) is 0 Å². The molecule has 0 aromatic heterocycles. The number of hydrogen-bond donors (Lipinski definition) is 2. The lowest BCUT2D eigenvalue weighted by Gasteiger charge is -2.19. The van der Waals surface area contributed by atoms with Crippen LogP contribution in [0.5, 0.6) is 11.5 Å². The minimum Gasteiger partial charge on any atom is -0.507 e. The smallest absolute Gasteiger partial charge is 0.122 e. The first-order chi connectivity index (χ1) is 22.7. The minimum absolute atomic E-state index is 0.353. The zero-order chi connectivity index (χ0) is 34.9. The summed E-state index contributed by atoms with van der Waals surface area (Å²) < 4.78 is 0. The van der Waals surface area contributed by atoms with Crippen molar-refractivity contribution in [3.8, 4) is 11.5 Å². The average Bonchev–Trinajstić information content (AvgIpc) is 3.01. The highest BCUT2D eigenvalue weighted by Gasteiger charge is 2.18. The van der Waals surface area contributed by atoms with E-state index in [9.17, 15) is 10.2 Å². The quantitative estimate of drug-likeness (QED) is 0.160. The molecule has 0 aliphatic heterocycles. The van der Waals surface area contributed by atoms with Crippen molar-refractivity contribution in [3.05, 3.63) is 162 Å². The van der Waals surface area contributed by atoms with Crippen LogP contribution in [0.4, 0.5) is 0 Å². The van der Waals surface area contributed by atoms with Gasteiger partial charge in [-0.1, -0.05) is 112 Å². The van der Waals surface area contributed by atoms with Gasteiger partial charge in [-0.25, -0.2) is 0 Å². The number of aromatic hydroxyl groups is 2. The molecule has 2 N–H and O–H groups in total. The summed E-state index contributed by atoms with van der Waals surface area (Å²) in [5.74, 6) is 1.51. The molecule has 0 saturated heterocycles. The van der Waals surface area contributed by atoms with Crippen molar-refractivity contribution in [1.82, 2.24) is 0 Å². The van der Waals surface area contributed by atoms with Gasteiger partial charge in [0.15, 0.2) is 0 Å². The molecule has 0 radical (unpaired) electrons. The summed E-state index contributed by atoms with van der Waals surface area (Å²) in [5.41, 5.74) is 18.8. The van der Waals surface area contributed by atoms with E-state index in [0.717, 1.165) is 22.3 Å². The Morgan fingerprint density at radius 2 is 0.688 bits per heavy atom. The number of rotatable bonds is 10. The van der Waals surface area contributed by atoms with E-state index in [1.807, 2.05) is 0 Å². The standard InChI is InChI=1S/C46H54O2/c1-27(2)37-20-41(18-35-13-11-29(5)15-31(35)7)45(47)43(22-37)25-39-24-40(34(10)17-33(39)9)26-44-23-38(28(3)4)21-42(46(44)48)19-36-14-12-30(6)16-32(36)8/h11-17,20-24,27-28,47-48H,18-19,25-26H2,1-10H3. The van der Waals surface area contributed by atoms with E-state index in [4.69, 9.17) is 0 Å². The molecule has 0 amide bonds. The Kier molecular flexibility index (Phi) is 10.5. The zero-order valence-corrected chi connectivity index (χ0v) is 30.8. The van der Waals surface area contributed by atoms with Gasteiger partial charge >= 0.3 is 0 Å². The van der Waals surface area contributed by atoms with Gasteiger partial charge in [0, 0.05) is 25.7 Å². The van der Waals surface area contributed by atoms with Gasteiger partial charge in [0.25, 0.3) is 0 Å². The molecule has 0 bridgehead atoms. The molecule has 0 fully saturated rings. The molecule has 5 aromatic rings. The van der Waals surface area contributed by atoms with Crippen molar-refractivity contribution in [3.63, 3.8) is 0 Å². The van der Waals surface area contributed by atoms with Gasteiger partial charge in [0.2, 0.25) is 0 Å². The first-order valence-corrected chi connectivity index (χ1v) is 17.6. The Morgan fingerprint density at radius 1 is 0.375 bits per heavy atom. The molecule has 0 saturated carbocycles. The van der Waals surface area contributed by atoms with Gasteiger partial charge in [0.05, 0.1) is 0 Å². The van der Waals surface area contributed by atoms with Crippen LogP contribution in [-0.2, 0) is 25.7 Å². The third-order valence-electron chi connectivity index (χ3n) is 10.2. The lowest BCUT2D eigenvalue weighted by Crippen LogP contribution is -2.04. The number of aryl methyl sites for hydroxylation is 6. The molecule has 48 heavy (non-hydrogen) atoms. The number of phenols is 2. The van der Waals surface area contributed by atoms with Gasteiger partial charge in [0.1, 0.15) is 11.5 Å². The fourth-order valence-corrected chi connectivity index (χ4v) is 7.02. The van der Waals surface area contributed by atoms with E-state index in [0.29, 0.717) is 49.0 Å². The van der Waals surface area contributed by atoms with E-state index in [1.165, 1.54) is 66.8 Å². The SMILES string of the molecule is Cc1ccc(Cc2cc(C(C)C)cc(Cc3cc(Cc4cc(C(C)C)cc(Cc5ccc(C)cc5C)c4O)c(C)cc3C)c2O)c(C)c1. The van der Waals surface area contributed by atoms with E-state index in [1.54, 1.807) is 0 Å². The fraction of sp³-hybridized carbons (Fsp3) is 0.348. The van der Waals surface area contributed by atoms with Crippen molar-refractivity contribution in [2.24, 2.45) is 0 Å². The van der Waals surface area contributed by atoms with E-state index in [-0.39, 0.29) is 0 Å². The normalized spacial score (nSPS) is 11.6. The fourth-order valence-electron chi connectivity index (χ4n) is 7.02. The van der Waals surface area contributed by atoms with Crippen molar-refractivity contribution in [2.75, 3.05) is 0 Å². The van der Waals surface area contributed by atoms with Crippen molar-refractivity contribution in [2.45, 2.75) is 107 Å². The Labute approximate surface area is 289 Å². The second kappa shape index (κ2) is 14.4. The van der Waals surface area contributed by atoms with Crippen LogP contribution in [-0.4, -0.2) is 10.2 Å². The molecule has 0 heterocycles. The van der Waals surface area contributed by atoms with Gasteiger partial charge < -0.3 is 10.2 Å². The van der Waals surface area contributed by atoms with Crippen molar-refractivity contribution >= 4 is 0 Å². The Bertz CT molecular complexity index is 1820. The van der Waals surface area contributed by atoms with Crippen molar-refractivity contribution < 1.29 is 10.2 Å². The Hall–Kier alpha value is -4.30. The monoisotopic (exact) mass is 638 g/mol. The Morgan fingerprint density at radius 3 is 1.00 bits per heavy atom. The maximum absolute atomic E-state index is 11.7. The molecule has 0 spiro atoms.